The average Bonchev–Trinajstić information content (AvgIpc) is 3.21. The third-order valence-electron chi connectivity index (χ3n) is 3.69. The molecule has 0 radical (unpaired) electrons. The number of imidazole rings is 1. The lowest BCUT2D eigenvalue weighted by Crippen LogP contribution is -2.25. The molecule has 9 heteroatoms. The van der Waals surface area contributed by atoms with Gasteiger partial charge < -0.3 is 11.1 Å². The number of pyridine rings is 1. The number of aryl methyl sites for hydroxylation is 1. The minimum absolute atomic E-state index is 0.167. The smallest absolute Gasteiger partial charge is 0.194 e. The third-order valence-corrected chi connectivity index (χ3v) is 3.69. The highest BCUT2D eigenvalue weighted by atomic mass is 19.1. The third kappa shape index (κ3) is 3.61. The molecule has 0 spiro atoms. The number of hydrogen-bond acceptors (Lipinski definition) is 4. The molecule has 0 aliphatic rings. The average molecular weight is 354 g/mol. The lowest BCUT2D eigenvalue weighted by Gasteiger charge is -2.11. The van der Waals surface area contributed by atoms with Crippen molar-refractivity contribution in [1.82, 2.24) is 24.7 Å². The lowest BCUT2D eigenvalue weighted by atomic mass is 10.2. The van der Waals surface area contributed by atoms with Gasteiger partial charge in [-0.15, -0.1) is 0 Å². The fourth-order valence-electron chi connectivity index (χ4n) is 2.40. The number of aromatic amines is 1. The van der Waals surface area contributed by atoms with E-state index in [9.17, 15) is 4.39 Å². The van der Waals surface area contributed by atoms with Crippen molar-refractivity contribution < 1.29 is 4.39 Å². The Labute approximate surface area is 149 Å². The summed E-state index contributed by atoms with van der Waals surface area (Å²) >= 11 is 0. The van der Waals surface area contributed by atoms with Gasteiger partial charge in [0.25, 0.3) is 0 Å². The molecule has 0 bridgehead atoms. The molecule has 3 aromatic rings. The molecule has 3 rings (SSSR count). The van der Waals surface area contributed by atoms with E-state index in [1.165, 1.54) is 6.07 Å². The lowest BCUT2D eigenvalue weighted by molar-refractivity contribution is 0.616. The van der Waals surface area contributed by atoms with Crippen LogP contribution in [-0.4, -0.2) is 30.7 Å². The van der Waals surface area contributed by atoms with E-state index in [0.29, 0.717) is 23.0 Å². The van der Waals surface area contributed by atoms with E-state index in [-0.39, 0.29) is 12.0 Å². The number of H-pyrrole nitrogens is 1. The van der Waals surface area contributed by atoms with Crippen molar-refractivity contribution in [1.29, 1.82) is 0 Å². The fraction of sp³-hybridized carbons (Fsp3) is 0.176. The van der Waals surface area contributed by atoms with Gasteiger partial charge >= 0.3 is 0 Å². The van der Waals surface area contributed by atoms with Gasteiger partial charge in [-0.2, -0.15) is 5.10 Å². The molecule has 0 saturated carbocycles. The Balaban J connectivity index is 1.86. The molecule has 1 atom stereocenters. The highest BCUT2D eigenvalue weighted by molar-refractivity contribution is 5.93. The van der Waals surface area contributed by atoms with Crippen molar-refractivity contribution in [3.63, 3.8) is 0 Å². The molecule has 3 aromatic heterocycles. The topological polar surface area (TPSA) is 110 Å². The molecule has 3 heterocycles. The highest BCUT2D eigenvalue weighted by Crippen LogP contribution is 2.21. The van der Waals surface area contributed by atoms with Gasteiger partial charge in [0.15, 0.2) is 11.8 Å². The van der Waals surface area contributed by atoms with Crippen molar-refractivity contribution >= 4 is 17.9 Å². The monoisotopic (exact) mass is 354 g/mol. The molecule has 0 amide bonds. The number of aliphatic imine (C=N–C) groups is 1. The van der Waals surface area contributed by atoms with Gasteiger partial charge in [-0.1, -0.05) is 6.58 Å². The molecule has 0 saturated heterocycles. The molecule has 134 valence electrons. The summed E-state index contributed by atoms with van der Waals surface area (Å²) in [4.78, 5) is 12.7. The van der Waals surface area contributed by atoms with Crippen LogP contribution in [0.4, 0.5) is 10.2 Å². The Bertz CT molecular complexity index is 938. The van der Waals surface area contributed by atoms with Crippen molar-refractivity contribution in [2.24, 2.45) is 10.7 Å². The van der Waals surface area contributed by atoms with E-state index in [2.05, 4.69) is 37.1 Å². The SMILES string of the molecule is C=Cc1ncn(-c2cc(C)[nH]n2)c1NC(N)=N[C@@H](C)c1ccc(F)cn1. The van der Waals surface area contributed by atoms with Gasteiger partial charge in [-0.05, 0) is 32.1 Å². The van der Waals surface area contributed by atoms with Crippen molar-refractivity contribution in [3.05, 3.63) is 60.2 Å². The second-order valence-corrected chi connectivity index (χ2v) is 5.68. The largest absolute Gasteiger partial charge is 0.370 e. The number of nitrogens with one attached hydrogen (secondary N) is 2. The van der Waals surface area contributed by atoms with Gasteiger partial charge in [0.2, 0.25) is 0 Å². The van der Waals surface area contributed by atoms with Crippen LogP contribution in [0.15, 0.2) is 42.3 Å². The summed E-state index contributed by atoms with van der Waals surface area (Å²) < 4.78 is 14.7. The van der Waals surface area contributed by atoms with E-state index < -0.39 is 5.82 Å². The first-order valence-electron chi connectivity index (χ1n) is 7.92. The Kier molecular flexibility index (Phi) is 4.78. The fourth-order valence-corrected chi connectivity index (χ4v) is 2.40. The van der Waals surface area contributed by atoms with E-state index in [1.54, 1.807) is 23.0 Å². The zero-order valence-electron chi connectivity index (χ0n) is 14.4. The molecule has 0 aromatic carbocycles. The quantitative estimate of drug-likeness (QED) is 0.482. The number of nitrogens with zero attached hydrogens (tertiary/aromatic N) is 5. The van der Waals surface area contributed by atoms with Gasteiger partial charge in [0, 0.05) is 11.8 Å². The standard InChI is InChI=1S/C17H19FN8/c1-4-13-16(26(9-21-13)15-7-10(2)24-25-15)23-17(19)22-11(3)14-6-5-12(18)8-20-14/h4-9,11H,1H2,2-3H3,(H,24,25)(H3,19,22,23)/t11-/m0/s1. The zero-order chi connectivity index (χ0) is 18.7. The van der Waals surface area contributed by atoms with Gasteiger partial charge in [0.05, 0.1) is 17.9 Å². The van der Waals surface area contributed by atoms with Crippen molar-refractivity contribution in [2.75, 3.05) is 5.32 Å². The Morgan fingerprint density at radius 2 is 2.27 bits per heavy atom. The molecule has 0 aliphatic carbocycles. The molecule has 0 unspecified atom stereocenters. The van der Waals surface area contributed by atoms with E-state index in [1.807, 2.05) is 19.9 Å². The minimum atomic E-state index is -0.398. The van der Waals surface area contributed by atoms with Gasteiger partial charge in [0.1, 0.15) is 23.7 Å². The minimum Gasteiger partial charge on any atom is -0.370 e. The first-order chi connectivity index (χ1) is 12.5. The predicted molar refractivity (Wildman–Crippen MR) is 98.4 cm³/mol. The Morgan fingerprint density at radius 1 is 1.46 bits per heavy atom. The van der Waals surface area contributed by atoms with Crippen LogP contribution in [0.25, 0.3) is 11.9 Å². The van der Waals surface area contributed by atoms with Crippen LogP contribution < -0.4 is 11.1 Å². The van der Waals surface area contributed by atoms with E-state index >= 15 is 0 Å². The Hall–Kier alpha value is -3.49. The van der Waals surface area contributed by atoms with Gasteiger partial charge in [-0.3, -0.25) is 14.6 Å². The number of rotatable bonds is 5. The van der Waals surface area contributed by atoms with E-state index in [0.717, 1.165) is 11.9 Å². The molecular formula is C17H19FN8. The molecule has 8 nitrogen and oxygen atoms in total. The number of hydrogen-bond donors (Lipinski definition) is 3. The Morgan fingerprint density at radius 3 is 2.88 bits per heavy atom. The summed E-state index contributed by atoms with van der Waals surface area (Å²) in [5.74, 6) is 1.02. The van der Waals surface area contributed by atoms with Crippen molar-refractivity contribution in [3.8, 4) is 5.82 Å². The van der Waals surface area contributed by atoms with Crippen LogP contribution in [0.3, 0.4) is 0 Å². The summed E-state index contributed by atoms with van der Waals surface area (Å²) in [6, 6.07) is 4.43. The second-order valence-electron chi connectivity index (χ2n) is 5.68. The number of anilines is 1. The second kappa shape index (κ2) is 7.18. The van der Waals surface area contributed by atoms with Crippen LogP contribution in [0, 0.1) is 12.7 Å². The predicted octanol–water partition coefficient (Wildman–Crippen LogP) is 2.57. The summed E-state index contributed by atoms with van der Waals surface area (Å²) in [6.45, 7) is 7.48. The van der Waals surface area contributed by atoms with E-state index in [4.69, 9.17) is 5.73 Å². The van der Waals surface area contributed by atoms with Crippen LogP contribution >= 0.6 is 0 Å². The number of nitrogens with two attached hydrogens (primary N) is 1. The summed E-state index contributed by atoms with van der Waals surface area (Å²) in [6.07, 6.45) is 4.37. The summed E-state index contributed by atoms with van der Waals surface area (Å²) in [5.41, 5.74) is 8.17. The molecular weight excluding hydrogens is 335 g/mol. The van der Waals surface area contributed by atoms with Crippen LogP contribution in [0.5, 0.6) is 0 Å². The maximum atomic E-state index is 13.0. The van der Waals surface area contributed by atoms with Crippen LogP contribution in [-0.2, 0) is 0 Å². The maximum absolute atomic E-state index is 13.0. The molecule has 4 N–H and O–H groups in total. The van der Waals surface area contributed by atoms with Gasteiger partial charge in [-0.25, -0.2) is 14.4 Å². The summed E-state index contributed by atoms with van der Waals surface area (Å²) in [5, 5.41) is 10.1. The normalized spacial score (nSPS) is 12.8. The number of halogens is 1. The highest BCUT2D eigenvalue weighted by Gasteiger charge is 2.14. The zero-order valence-corrected chi connectivity index (χ0v) is 14.4. The number of guanidine groups is 1. The molecule has 26 heavy (non-hydrogen) atoms. The first kappa shape index (κ1) is 17.3. The molecule has 0 fully saturated rings. The number of aromatic nitrogens is 5. The van der Waals surface area contributed by atoms with Crippen LogP contribution in [0.2, 0.25) is 0 Å². The van der Waals surface area contributed by atoms with Crippen molar-refractivity contribution in [2.45, 2.75) is 19.9 Å². The maximum Gasteiger partial charge on any atom is 0.194 e. The molecule has 0 aliphatic heterocycles. The van der Waals surface area contributed by atoms with Crippen LogP contribution in [0.1, 0.15) is 30.0 Å². The summed E-state index contributed by atoms with van der Waals surface area (Å²) in [7, 11) is 0. The first-order valence-corrected chi connectivity index (χ1v) is 7.92.